The quantitative estimate of drug-likeness (QED) is 0.452. The van der Waals surface area contributed by atoms with Gasteiger partial charge in [0, 0.05) is 18.2 Å². The van der Waals surface area contributed by atoms with E-state index < -0.39 is 0 Å². The van der Waals surface area contributed by atoms with Crippen LogP contribution < -0.4 is 20.5 Å². The first kappa shape index (κ1) is 24.5. The first-order chi connectivity index (χ1) is 17.1. The predicted octanol–water partition coefficient (Wildman–Crippen LogP) is 3.76. The Morgan fingerprint density at radius 2 is 1.83 bits per heavy atom. The van der Waals surface area contributed by atoms with Crippen LogP contribution in [0.1, 0.15) is 42.8 Å². The highest BCUT2D eigenvalue weighted by atomic mass is 16.5. The first-order valence-corrected chi connectivity index (χ1v) is 12.1. The molecule has 0 aliphatic carbocycles. The Bertz CT molecular complexity index is 1110. The van der Waals surface area contributed by atoms with Gasteiger partial charge in [0.25, 0.3) is 5.91 Å². The molecule has 4 rings (SSSR count). The Morgan fingerprint density at radius 1 is 1.11 bits per heavy atom. The van der Waals surface area contributed by atoms with E-state index in [1.807, 2.05) is 50.2 Å². The molecule has 0 radical (unpaired) electrons. The van der Waals surface area contributed by atoms with E-state index in [2.05, 4.69) is 20.4 Å². The molecule has 3 heterocycles. The van der Waals surface area contributed by atoms with Crippen LogP contribution >= 0.6 is 0 Å². The number of amides is 1. The van der Waals surface area contributed by atoms with E-state index in [0.717, 1.165) is 49.5 Å². The van der Waals surface area contributed by atoms with Crippen LogP contribution in [0.25, 0.3) is 11.3 Å². The lowest BCUT2D eigenvalue weighted by Gasteiger charge is -2.31. The second-order valence-corrected chi connectivity index (χ2v) is 8.58. The fourth-order valence-corrected chi connectivity index (χ4v) is 4.19. The van der Waals surface area contributed by atoms with Crippen molar-refractivity contribution >= 4 is 11.6 Å². The molecule has 0 bridgehead atoms. The molecule has 35 heavy (non-hydrogen) atoms. The van der Waals surface area contributed by atoms with Crippen molar-refractivity contribution in [1.82, 2.24) is 20.4 Å². The van der Waals surface area contributed by atoms with Gasteiger partial charge in [0.15, 0.2) is 5.76 Å². The fourth-order valence-electron chi connectivity index (χ4n) is 4.19. The lowest BCUT2D eigenvalue weighted by atomic mass is 9.96. The maximum atomic E-state index is 12.9. The standard InChI is InChI=1S/C26H33N5O4/c1-3-33-25-21(15-22(27)26(29-25)34-4-2)24(32)28-16-18-10-12-31(13-11-18)17-20-14-23(30-35-20)19-8-6-5-7-9-19/h5-9,14-15,18H,3-4,10-13,16-17,27H2,1-2H3,(H,28,32). The predicted molar refractivity (Wildman–Crippen MR) is 133 cm³/mol. The number of likely N-dealkylation sites (tertiary alicyclic amines) is 1. The minimum atomic E-state index is -0.242. The number of nitrogens with one attached hydrogen (secondary N) is 1. The molecule has 1 fully saturated rings. The number of aromatic nitrogens is 2. The maximum Gasteiger partial charge on any atom is 0.256 e. The average molecular weight is 480 g/mol. The summed E-state index contributed by atoms with van der Waals surface area (Å²) in [4.78, 5) is 19.5. The summed E-state index contributed by atoms with van der Waals surface area (Å²) in [6, 6.07) is 13.6. The lowest BCUT2D eigenvalue weighted by molar-refractivity contribution is 0.0929. The number of nitrogen functional groups attached to an aromatic ring is 1. The Kier molecular flexibility index (Phi) is 8.20. The number of hydrogen-bond acceptors (Lipinski definition) is 8. The number of carbonyl (C=O) groups is 1. The van der Waals surface area contributed by atoms with Crippen LogP contribution in [0.4, 0.5) is 5.69 Å². The van der Waals surface area contributed by atoms with Gasteiger partial charge >= 0.3 is 0 Å². The highest BCUT2D eigenvalue weighted by Gasteiger charge is 2.23. The molecule has 2 aromatic heterocycles. The van der Waals surface area contributed by atoms with Crippen LogP contribution in [0.5, 0.6) is 11.8 Å². The van der Waals surface area contributed by atoms with Gasteiger partial charge in [-0.05, 0) is 51.8 Å². The number of benzene rings is 1. The van der Waals surface area contributed by atoms with E-state index >= 15 is 0 Å². The largest absolute Gasteiger partial charge is 0.477 e. The zero-order valence-electron chi connectivity index (χ0n) is 20.3. The van der Waals surface area contributed by atoms with Crippen molar-refractivity contribution in [2.75, 3.05) is 38.6 Å². The van der Waals surface area contributed by atoms with Gasteiger partial charge in [-0.25, -0.2) is 0 Å². The van der Waals surface area contributed by atoms with Gasteiger partial charge in [-0.3, -0.25) is 9.69 Å². The molecular weight excluding hydrogens is 446 g/mol. The summed E-state index contributed by atoms with van der Waals surface area (Å²) in [5, 5.41) is 7.24. The van der Waals surface area contributed by atoms with Crippen LogP contribution in [-0.2, 0) is 6.54 Å². The third kappa shape index (κ3) is 6.30. The number of nitrogens with two attached hydrogens (primary N) is 1. The number of pyridine rings is 1. The van der Waals surface area contributed by atoms with Gasteiger partial charge < -0.3 is 25.0 Å². The molecule has 1 saturated heterocycles. The Hall–Kier alpha value is -3.59. The Morgan fingerprint density at radius 3 is 2.54 bits per heavy atom. The molecule has 0 atom stereocenters. The molecule has 0 spiro atoms. The molecule has 3 aromatic rings. The number of nitrogens with zero attached hydrogens (tertiary/aromatic N) is 3. The van der Waals surface area contributed by atoms with E-state index in [1.54, 1.807) is 6.07 Å². The van der Waals surface area contributed by atoms with Gasteiger partial charge in [-0.1, -0.05) is 35.5 Å². The molecule has 9 nitrogen and oxygen atoms in total. The van der Waals surface area contributed by atoms with E-state index in [0.29, 0.717) is 36.9 Å². The Balaban J connectivity index is 1.27. The summed E-state index contributed by atoms with van der Waals surface area (Å²) in [5.41, 5.74) is 8.57. The molecule has 1 amide bonds. The minimum Gasteiger partial charge on any atom is -0.477 e. The molecule has 0 unspecified atom stereocenters. The smallest absolute Gasteiger partial charge is 0.256 e. The summed E-state index contributed by atoms with van der Waals surface area (Å²) in [6.07, 6.45) is 1.98. The molecule has 1 aliphatic rings. The zero-order valence-corrected chi connectivity index (χ0v) is 20.3. The van der Waals surface area contributed by atoms with Crippen LogP contribution in [0.2, 0.25) is 0 Å². The summed E-state index contributed by atoms with van der Waals surface area (Å²) >= 11 is 0. The number of piperidine rings is 1. The molecule has 1 aromatic carbocycles. The third-order valence-electron chi connectivity index (χ3n) is 6.05. The van der Waals surface area contributed by atoms with Crippen molar-refractivity contribution in [3.63, 3.8) is 0 Å². The molecule has 1 aliphatic heterocycles. The van der Waals surface area contributed by atoms with Crippen molar-refractivity contribution < 1.29 is 18.8 Å². The van der Waals surface area contributed by atoms with Crippen molar-refractivity contribution in [3.8, 4) is 23.0 Å². The molecule has 9 heteroatoms. The summed E-state index contributed by atoms with van der Waals surface area (Å²) in [5.74, 6) is 1.53. The van der Waals surface area contributed by atoms with E-state index in [4.69, 9.17) is 19.7 Å². The van der Waals surface area contributed by atoms with Gasteiger partial charge in [-0.15, -0.1) is 0 Å². The second-order valence-electron chi connectivity index (χ2n) is 8.58. The molecule has 186 valence electrons. The fraction of sp³-hybridized carbons (Fsp3) is 0.423. The average Bonchev–Trinajstić information content (AvgIpc) is 3.34. The SMILES string of the molecule is CCOc1nc(OCC)c(C(=O)NCC2CCN(Cc3cc(-c4ccccc4)no3)CC2)cc1N. The van der Waals surface area contributed by atoms with Crippen molar-refractivity contribution in [2.45, 2.75) is 33.2 Å². The number of ether oxygens (including phenoxy) is 2. The molecule has 3 N–H and O–H groups in total. The highest BCUT2D eigenvalue weighted by Crippen LogP contribution is 2.27. The van der Waals surface area contributed by atoms with E-state index in [1.165, 1.54) is 0 Å². The summed E-state index contributed by atoms with van der Waals surface area (Å²) in [7, 11) is 0. The van der Waals surface area contributed by atoms with Crippen molar-refractivity contribution in [3.05, 3.63) is 53.8 Å². The summed E-state index contributed by atoms with van der Waals surface area (Å²) < 4.78 is 16.5. The van der Waals surface area contributed by atoms with Gasteiger partial charge in [0.05, 0.1) is 25.4 Å². The zero-order chi connectivity index (χ0) is 24.6. The number of hydrogen-bond donors (Lipinski definition) is 2. The Labute approximate surface area is 205 Å². The lowest BCUT2D eigenvalue weighted by Crippen LogP contribution is -2.38. The van der Waals surface area contributed by atoms with E-state index in [-0.39, 0.29) is 17.7 Å². The topological polar surface area (TPSA) is 116 Å². The third-order valence-corrected chi connectivity index (χ3v) is 6.05. The number of rotatable bonds is 10. The van der Waals surface area contributed by atoms with Crippen LogP contribution in [-0.4, -0.2) is 53.8 Å². The van der Waals surface area contributed by atoms with Gasteiger partial charge in [0.2, 0.25) is 11.8 Å². The minimum absolute atomic E-state index is 0.236. The number of carbonyl (C=O) groups excluding carboxylic acids is 1. The monoisotopic (exact) mass is 479 g/mol. The number of anilines is 1. The second kappa shape index (κ2) is 11.7. The van der Waals surface area contributed by atoms with E-state index in [9.17, 15) is 4.79 Å². The van der Waals surface area contributed by atoms with Crippen LogP contribution in [0, 0.1) is 5.92 Å². The highest BCUT2D eigenvalue weighted by molar-refractivity contribution is 5.97. The first-order valence-electron chi connectivity index (χ1n) is 12.1. The molecular formula is C26H33N5O4. The van der Waals surface area contributed by atoms with Crippen LogP contribution in [0.3, 0.4) is 0 Å². The van der Waals surface area contributed by atoms with Crippen molar-refractivity contribution in [1.29, 1.82) is 0 Å². The summed E-state index contributed by atoms with van der Waals surface area (Å²) in [6.45, 7) is 7.69. The van der Waals surface area contributed by atoms with Crippen molar-refractivity contribution in [2.24, 2.45) is 5.92 Å². The van der Waals surface area contributed by atoms with Crippen LogP contribution in [0.15, 0.2) is 47.0 Å². The van der Waals surface area contributed by atoms with Gasteiger partial charge in [-0.2, -0.15) is 4.98 Å². The molecule has 0 saturated carbocycles. The van der Waals surface area contributed by atoms with Gasteiger partial charge in [0.1, 0.15) is 11.3 Å². The maximum absolute atomic E-state index is 12.9. The normalized spacial score (nSPS) is 14.6.